The van der Waals surface area contributed by atoms with E-state index < -0.39 is 6.09 Å². The summed E-state index contributed by atoms with van der Waals surface area (Å²) in [4.78, 5) is 16.4. The van der Waals surface area contributed by atoms with Crippen molar-refractivity contribution in [2.45, 2.75) is 20.0 Å². The fourth-order valence-electron chi connectivity index (χ4n) is 3.50. The monoisotopic (exact) mass is 472 g/mol. The first-order valence-corrected chi connectivity index (χ1v) is 11.4. The summed E-state index contributed by atoms with van der Waals surface area (Å²) < 4.78 is 10.9. The second-order valence-corrected chi connectivity index (χ2v) is 8.05. The Morgan fingerprint density at radius 1 is 1.03 bits per heavy atom. The number of rotatable bonds is 8. The Bertz CT molecular complexity index is 1320. The van der Waals surface area contributed by atoms with Gasteiger partial charge in [0.05, 0.1) is 17.8 Å². The molecule has 0 atom stereocenters. The highest BCUT2D eigenvalue weighted by Gasteiger charge is 2.06. The summed E-state index contributed by atoms with van der Waals surface area (Å²) in [6.07, 6.45) is 4.30. The molecule has 1 N–H and O–H groups in total. The molecule has 5 nitrogen and oxygen atoms in total. The second-order valence-electron chi connectivity index (χ2n) is 7.61. The minimum atomic E-state index is -0.451. The Morgan fingerprint density at radius 3 is 2.76 bits per heavy atom. The number of para-hydroxylation sites is 1. The molecule has 34 heavy (non-hydrogen) atoms. The Balaban J connectivity index is 1.38. The number of allylic oxidation sites excluding steroid dienone is 1. The van der Waals surface area contributed by atoms with Crippen molar-refractivity contribution in [3.63, 3.8) is 0 Å². The molecule has 3 aromatic carbocycles. The average molecular weight is 473 g/mol. The number of amides is 1. The van der Waals surface area contributed by atoms with Gasteiger partial charge in [-0.3, -0.25) is 5.32 Å². The van der Waals surface area contributed by atoms with Crippen LogP contribution in [0.1, 0.15) is 23.7 Å². The standard InChI is InChI=1S/C28H25ClN2O3/c1-2-33-28(32)31-26-12-4-3-9-21(26)10-5-7-20-8-6-11-25(17-20)34-19-24-16-14-22-13-15-23(29)18-27(22)30-24/h3-9,11-18H,2,10,19H2,1H3,(H,31,32). The van der Waals surface area contributed by atoms with E-state index in [-0.39, 0.29) is 0 Å². The summed E-state index contributed by atoms with van der Waals surface area (Å²) in [5.41, 5.74) is 4.45. The predicted octanol–water partition coefficient (Wildman–Crippen LogP) is 7.29. The van der Waals surface area contributed by atoms with Crippen LogP contribution in [0.5, 0.6) is 5.75 Å². The van der Waals surface area contributed by atoms with Crippen molar-refractivity contribution in [3.05, 3.63) is 107 Å². The van der Waals surface area contributed by atoms with E-state index in [2.05, 4.69) is 16.4 Å². The third-order valence-corrected chi connectivity index (χ3v) is 5.37. The molecule has 0 spiro atoms. The molecule has 172 valence electrons. The molecule has 0 radical (unpaired) electrons. The fraction of sp³-hybridized carbons (Fsp3) is 0.143. The summed E-state index contributed by atoms with van der Waals surface area (Å²) in [7, 11) is 0. The average Bonchev–Trinajstić information content (AvgIpc) is 2.84. The maximum absolute atomic E-state index is 11.8. The van der Waals surface area contributed by atoms with Crippen molar-refractivity contribution in [1.29, 1.82) is 0 Å². The molecule has 4 aromatic rings. The lowest BCUT2D eigenvalue weighted by Crippen LogP contribution is -2.14. The molecule has 0 saturated carbocycles. The summed E-state index contributed by atoms with van der Waals surface area (Å²) in [6, 6.07) is 25.2. The first kappa shape index (κ1) is 23.3. The molecule has 0 unspecified atom stereocenters. The first-order chi connectivity index (χ1) is 16.6. The number of carbonyl (C=O) groups excluding carboxylic acids is 1. The van der Waals surface area contributed by atoms with Gasteiger partial charge >= 0.3 is 6.09 Å². The highest BCUT2D eigenvalue weighted by molar-refractivity contribution is 6.31. The van der Waals surface area contributed by atoms with Gasteiger partial charge in [0.2, 0.25) is 0 Å². The van der Waals surface area contributed by atoms with E-state index in [9.17, 15) is 4.79 Å². The second kappa shape index (κ2) is 11.3. The van der Waals surface area contributed by atoms with Crippen LogP contribution in [-0.2, 0) is 17.8 Å². The molecule has 0 aliphatic rings. The molecular weight excluding hydrogens is 448 g/mol. The number of nitrogens with one attached hydrogen (secondary N) is 1. The summed E-state index contributed by atoms with van der Waals surface area (Å²) >= 11 is 6.08. The zero-order chi connectivity index (χ0) is 23.8. The Hall–Kier alpha value is -3.83. The molecule has 1 aromatic heterocycles. The number of ether oxygens (including phenoxy) is 2. The molecule has 1 heterocycles. The number of anilines is 1. The highest BCUT2D eigenvalue weighted by Crippen LogP contribution is 2.21. The minimum absolute atomic E-state index is 0.331. The summed E-state index contributed by atoms with van der Waals surface area (Å²) in [5, 5.41) is 4.49. The number of fused-ring (bicyclic) bond motifs is 1. The van der Waals surface area contributed by atoms with E-state index in [1.807, 2.05) is 84.9 Å². The van der Waals surface area contributed by atoms with Crippen LogP contribution in [-0.4, -0.2) is 17.7 Å². The van der Waals surface area contributed by atoms with E-state index in [4.69, 9.17) is 21.1 Å². The minimum Gasteiger partial charge on any atom is -0.487 e. The van der Waals surface area contributed by atoms with Crippen molar-refractivity contribution in [3.8, 4) is 5.75 Å². The third-order valence-electron chi connectivity index (χ3n) is 5.13. The van der Waals surface area contributed by atoms with Gasteiger partial charge in [-0.1, -0.05) is 66.2 Å². The number of aromatic nitrogens is 1. The van der Waals surface area contributed by atoms with Crippen LogP contribution in [0, 0.1) is 0 Å². The van der Waals surface area contributed by atoms with Crippen molar-refractivity contribution >= 4 is 40.4 Å². The van der Waals surface area contributed by atoms with Gasteiger partial charge < -0.3 is 9.47 Å². The van der Waals surface area contributed by atoms with Gasteiger partial charge in [0.25, 0.3) is 0 Å². The zero-order valence-electron chi connectivity index (χ0n) is 18.8. The SMILES string of the molecule is CCOC(=O)Nc1ccccc1CC=Cc1cccc(OCc2ccc3ccc(Cl)cc3n2)c1. The number of hydrogen-bond acceptors (Lipinski definition) is 4. The van der Waals surface area contributed by atoms with Crippen LogP contribution in [0.25, 0.3) is 17.0 Å². The molecule has 1 amide bonds. The quantitative estimate of drug-likeness (QED) is 0.292. The molecule has 0 fully saturated rings. The first-order valence-electron chi connectivity index (χ1n) is 11.1. The van der Waals surface area contributed by atoms with Gasteiger partial charge in [-0.2, -0.15) is 0 Å². The highest BCUT2D eigenvalue weighted by atomic mass is 35.5. The molecule has 4 rings (SSSR count). The van der Waals surface area contributed by atoms with Crippen LogP contribution in [0.15, 0.2) is 84.9 Å². The predicted molar refractivity (Wildman–Crippen MR) is 137 cm³/mol. The number of hydrogen-bond donors (Lipinski definition) is 1. The van der Waals surface area contributed by atoms with Gasteiger partial charge in [0, 0.05) is 16.1 Å². The zero-order valence-corrected chi connectivity index (χ0v) is 19.6. The molecule has 6 heteroatoms. The maximum Gasteiger partial charge on any atom is 0.411 e. The van der Waals surface area contributed by atoms with E-state index in [1.54, 1.807) is 6.92 Å². The molecule has 0 saturated heterocycles. The van der Waals surface area contributed by atoms with Crippen LogP contribution < -0.4 is 10.1 Å². The molecular formula is C28H25ClN2O3. The van der Waals surface area contributed by atoms with Crippen molar-refractivity contribution in [2.24, 2.45) is 0 Å². The molecule has 0 bridgehead atoms. The number of nitrogens with zero attached hydrogens (tertiary/aromatic N) is 1. The maximum atomic E-state index is 11.8. The van der Waals surface area contributed by atoms with Crippen molar-refractivity contribution in [2.75, 3.05) is 11.9 Å². The number of benzene rings is 3. The van der Waals surface area contributed by atoms with Crippen molar-refractivity contribution in [1.82, 2.24) is 4.98 Å². The lowest BCUT2D eigenvalue weighted by Gasteiger charge is -2.09. The van der Waals surface area contributed by atoms with Gasteiger partial charge in [-0.25, -0.2) is 9.78 Å². The molecule has 0 aliphatic heterocycles. The lowest BCUT2D eigenvalue weighted by atomic mass is 10.1. The Kier molecular flexibility index (Phi) is 7.79. The Labute approximate surface area is 204 Å². The number of pyridine rings is 1. The van der Waals surface area contributed by atoms with Gasteiger partial charge in [-0.05, 0) is 60.9 Å². The topological polar surface area (TPSA) is 60.5 Å². The Morgan fingerprint density at radius 2 is 1.88 bits per heavy atom. The number of halogens is 1. The van der Waals surface area contributed by atoms with E-state index in [1.165, 1.54) is 0 Å². The summed E-state index contributed by atoms with van der Waals surface area (Å²) in [5.74, 6) is 0.763. The van der Waals surface area contributed by atoms with Crippen molar-refractivity contribution < 1.29 is 14.3 Å². The molecule has 0 aliphatic carbocycles. The van der Waals surface area contributed by atoms with E-state index >= 15 is 0 Å². The number of carbonyl (C=O) groups is 1. The normalized spacial score (nSPS) is 11.0. The third kappa shape index (κ3) is 6.36. The van der Waals surface area contributed by atoms with Gasteiger partial charge in [-0.15, -0.1) is 0 Å². The lowest BCUT2D eigenvalue weighted by molar-refractivity contribution is 0.168. The largest absolute Gasteiger partial charge is 0.487 e. The van der Waals surface area contributed by atoms with E-state index in [0.29, 0.717) is 24.7 Å². The smallest absolute Gasteiger partial charge is 0.411 e. The van der Waals surface area contributed by atoms with Gasteiger partial charge in [0.1, 0.15) is 12.4 Å². The van der Waals surface area contributed by atoms with Crippen LogP contribution in [0.2, 0.25) is 5.02 Å². The fourth-order valence-corrected chi connectivity index (χ4v) is 3.66. The van der Waals surface area contributed by atoms with Gasteiger partial charge in [0.15, 0.2) is 0 Å². The summed E-state index contributed by atoms with van der Waals surface area (Å²) in [6.45, 7) is 2.47. The van der Waals surface area contributed by atoms with Crippen LogP contribution in [0.3, 0.4) is 0 Å². The van der Waals surface area contributed by atoms with Crippen LogP contribution >= 0.6 is 11.6 Å². The van der Waals surface area contributed by atoms with E-state index in [0.717, 1.165) is 39.2 Å². The van der Waals surface area contributed by atoms with Crippen LogP contribution in [0.4, 0.5) is 10.5 Å².